The Morgan fingerprint density at radius 2 is 2.09 bits per heavy atom. The molecule has 0 radical (unpaired) electrons. The number of aliphatic hydroxyl groups is 1. The topological polar surface area (TPSA) is 46.2 Å². The van der Waals surface area contributed by atoms with Crippen LogP contribution in [0.25, 0.3) is 0 Å². The fourth-order valence-corrected chi connectivity index (χ4v) is 1.16. The molecule has 0 aromatic heterocycles. The highest BCUT2D eigenvalue weighted by atomic mass is 35.7. The molecular weight excluding hydrogens is 182 g/mol. The summed E-state index contributed by atoms with van der Waals surface area (Å²) in [5.74, 6) is 0. The van der Waals surface area contributed by atoms with Crippen LogP contribution in [0, 0.1) is 0 Å². The molecule has 0 heterocycles. The van der Waals surface area contributed by atoms with Crippen LogP contribution in [0.5, 0.6) is 0 Å². The van der Waals surface area contributed by atoms with E-state index in [2.05, 4.69) is 0 Å². The molecule has 3 N–H and O–H groups in total. The summed E-state index contributed by atoms with van der Waals surface area (Å²) in [5.41, 5.74) is 6.21. The maximum Gasteiger partial charge on any atom is 0.0325 e. The minimum Gasteiger partial charge on any atom is -0.400 e. The summed E-state index contributed by atoms with van der Waals surface area (Å²) in [6, 6.07) is 7.45. The van der Waals surface area contributed by atoms with Crippen LogP contribution in [-0.2, 0) is 0 Å². The van der Waals surface area contributed by atoms with Gasteiger partial charge in [0.1, 0.15) is 0 Å². The Hall–Kier alpha value is -0.380. The lowest BCUT2D eigenvalue weighted by Gasteiger charge is -1.93. The quantitative estimate of drug-likeness (QED) is 0.669. The van der Waals surface area contributed by atoms with E-state index in [1.807, 2.05) is 24.3 Å². The predicted octanol–water partition coefficient (Wildman–Crippen LogP) is 2.12. The second kappa shape index (κ2) is 6.34. The molecule has 0 amide bonds. The fourth-order valence-electron chi connectivity index (χ4n) is 0.563. The van der Waals surface area contributed by atoms with E-state index in [0.29, 0.717) is 0 Å². The number of hydrogen-bond donors (Lipinski definition) is 2. The van der Waals surface area contributed by atoms with E-state index >= 15 is 0 Å². The zero-order valence-corrected chi connectivity index (χ0v) is 7.69. The highest BCUT2D eigenvalue weighted by Gasteiger charge is 1.88. The zero-order valence-electron chi connectivity index (χ0n) is 6.12. The largest absolute Gasteiger partial charge is 0.400 e. The Morgan fingerprint density at radius 3 is 2.45 bits per heavy atom. The fraction of sp³-hybridized carbons (Fsp3) is 0.143. The van der Waals surface area contributed by atoms with E-state index in [0.717, 1.165) is 17.7 Å². The lowest BCUT2D eigenvalue weighted by atomic mass is 10.3. The molecule has 62 valence electrons. The average molecular weight is 192 g/mol. The number of nitrogens with two attached hydrogens (primary N) is 1. The van der Waals surface area contributed by atoms with Gasteiger partial charge < -0.3 is 10.8 Å². The summed E-state index contributed by atoms with van der Waals surface area (Å²) in [6.45, 7) is 0. The van der Waals surface area contributed by atoms with Gasteiger partial charge in [-0.1, -0.05) is 6.07 Å². The van der Waals surface area contributed by atoms with Crippen LogP contribution < -0.4 is 5.73 Å². The van der Waals surface area contributed by atoms with Crippen molar-refractivity contribution in [3.8, 4) is 0 Å². The summed E-state index contributed by atoms with van der Waals surface area (Å²) < 4.78 is 0. The molecule has 0 aliphatic carbocycles. The maximum absolute atomic E-state index is 7.00. The molecule has 4 heteroatoms. The maximum atomic E-state index is 7.00. The molecule has 0 unspecified atom stereocenters. The minimum atomic E-state index is 0.751. The van der Waals surface area contributed by atoms with E-state index < -0.39 is 0 Å². The Labute approximate surface area is 74.9 Å². The minimum absolute atomic E-state index is 0.751. The Bertz CT molecular complexity index is 207. The molecule has 1 rings (SSSR count). The van der Waals surface area contributed by atoms with Crippen molar-refractivity contribution in [2.24, 2.45) is 0 Å². The first-order valence-electron chi connectivity index (χ1n) is 2.92. The number of nitrogen functional groups attached to an aromatic ring is 1. The highest BCUT2D eigenvalue weighted by molar-refractivity contribution is 8.21. The molecule has 0 saturated carbocycles. The molecule has 11 heavy (non-hydrogen) atoms. The van der Waals surface area contributed by atoms with E-state index in [4.69, 9.17) is 21.5 Å². The molecule has 0 aliphatic rings. The second-order valence-corrected chi connectivity index (χ2v) is 2.74. The smallest absolute Gasteiger partial charge is 0.0325 e. The number of rotatable bonds is 1. The summed E-state index contributed by atoms with van der Waals surface area (Å²) in [6.07, 6.45) is 0. The van der Waals surface area contributed by atoms with Gasteiger partial charge in [0, 0.05) is 17.7 Å². The van der Waals surface area contributed by atoms with E-state index in [1.54, 1.807) is 0 Å². The van der Waals surface area contributed by atoms with E-state index in [9.17, 15) is 0 Å². The number of benzene rings is 1. The first-order chi connectivity index (χ1) is 5.33. The van der Waals surface area contributed by atoms with E-state index in [1.165, 1.54) is 11.0 Å². The lowest BCUT2D eigenvalue weighted by molar-refractivity contribution is 0.399. The first-order valence-corrected chi connectivity index (χ1v) is 4.56. The van der Waals surface area contributed by atoms with Crippen molar-refractivity contribution in [3.63, 3.8) is 0 Å². The number of hydrogen-bond acceptors (Lipinski definition) is 3. The molecule has 1 aromatic rings. The zero-order chi connectivity index (χ0) is 8.69. The number of anilines is 1. The second-order valence-electron chi connectivity index (χ2n) is 1.65. The molecule has 0 spiro atoms. The molecule has 0 aliphatic heterocycles. The third-order valence-corrected chi connectivity index (χ3v) is 1.91. The monoisotopic (exact) mass is 191 g/mol. The van der Waals surface area contributed by atoms with Crippen molar-refractivity contribution >= 4 is 27.3 Å². The number of halogens is 1. The standard InChI is InChI=1S/C6H6ClNS.CH4O/c7-9-6-3-1-2-5(8)4-6;1-2/h1-4H,8H2;2H,1H3. The van der Waals surface area contributed by atoms with Crippen molar-refractivity contribution < 1.29 is 5.11 Å². The van der Waals surface area contributed by atoms with Gasteiger partial charge in [-0.2, -0.15) is 0 Å². The molecule has 2 nitrogen and oxygen atoms in total. The molecule has 1 aromatic carbocycles. The lowest BCUT2D eigenvalue weighted by Crippen LogP contribution is -1.81. The van der Waals surface area contributed by atoms with Gasteiger partial charge in [0.25, 0.3) is 0 Å². The van der Waals surface area contributed by atoms with Gasteiger partial charge in [-0.05, 0) is 39.9 Å². The summed E-state index contributed by atoms with van der Waals surface area (Å²) in [7, 11) is 7.64. The third kappa shape index (κ3) is 4.14. The predicted molar refractivity (Wildman–Crippen MR) is 50.7 cm³/mol. The van der Waals surface area contributed by atoms with Crippen LogP contribution in [0.2, 0.25) is 0 Å². The van der Waals surface area contributed by atoms with Gasteiger partial charge in [0.2, 0.25) is 0 Å². The van der Waals surface area contributed by atoms with Crippen molar-refractivity contribution in [2.75, 3.05) is 12.8 Å². The van der Waals surface area contributed by atoms with Crippen LogP contribution in [0.1, 0.15) is 0 Å². The van der Waals surface area contributed by atoms with Gasteiger partial charge in [-0.15, -0.1) is 0 Å². The Morgan fingerprint density at radius 1 is 1.45 bits per heavy atom. The van der Waals surface area contributed by atoms with Gasteiger partial charge in [-0.25, -0.2) is 0 Å². The van der Waals surface area contributed by atoms with Gasteiger partial charge in [-0.3, -0.25) is 0 Å². The average Bonchev–Trinajstić information content (AvgIpc) is 2.08. The van der Waals surface area contributed by atoms with Crippen LogP contribution in [0.15, 0.2) is 29.2 Å². The molecule has 0 atom stereocenters. The summed E-state index contributed by atoms with van der Waals surface area (Å²) >= 11 is 0. The van der Waals surface area contributed by atoms with E-state index in [-0.39, 0.29) is 0 Å². The van der Waals surface area contributed by atoms with Crippen LogP contribution in [0.4, 0.5) is 5.69 Å². The van der Waals surface area contributed by atoms with Crippen molar-refractivity contribution in [3.05, 3.63) is 24.3 Å². The highest BCUT2D eigenvalue weighted by Crippen LogP contribution is 2.22. The summed E-state index contributed by atoms with van der Waals surface area (Å²) in [4.78, 5) is 0.983. The van der Waals surface area contributed by atoms with Crippen molar-refractivity contribution in [2.45, 2.75) is 4.90 Å². The van der Waals surface area contributed by atoms with Crippen LogP contribution in [0.3, 0.4) is 0 Å². The number of aliphatic hydroxyl groups excluding tert-OH is 1. The van der Waals surface area contributed by atoms with Crippen LogP contribution in [-0.4, -0.2) is 12.2 Å². The SMILES string of the molecule is CO.Nc1cccc(SCl)c1. The molecular formula is C7H10ClNOS. The molecule has 0 bridgehead atoms. The van der Waals surface area contributed by atoms with Crippen molar-refractivity contribution in [1.29, 1.82) is 0 Å². The Balaban J connectivity index is 0.000000461. The van der Waals surface area contributed by atoms with Crippen molar-refractivity contribution in [1.82, 2.24) is 0 Å². The molecule has 0 fully saturated rings. The summed E-state index contributed by atoms with van der Waals surface area (Å²) in [5, 5.41) is 7.00. The first kappa shape index (κ1) is 10.6. The van der Waals surface area contributed by atoms with Crippen LogP contribution >= 0.6 is 21.7 Å². The Kier molecular flexibility index (Phi) is 6.12. The van der Waals surface area contributed by atoms with Gasteiger partial charge in [0.05, 0.1) is 0 Å². The van der Waals surface area contributed by atoms with Gasteiger partial charge in [0.15, 0.2) is 0 Å². The van der Waals surface area contributed by atoms with Gasteiger partial charge >= 0.3 is 0 Å². The third-order valence-electron chi connectivity index (χ3n) is 0.947. The normalized spacial score (nSPS) is 8.27. The molecule has 0 saturated heterocycles.